The van der Waals surface area contributed by atoms with E-state index in [1.807, 2.05) is 6.08 Å². The number of aliphatic hydroxyl groups is 1. The van der Waals surface area contributed by atoms with Gasteiger partial charge < -0.3 is 5.11 Å². The van der Waals surface area contributed by atoms with Crippen LogP contribution >= 0.6 is 0 Å². The maximum atomic E-state index is 14.4. The molecule has 228 valence electrons. The van der Waals surface area contributed by atoms with Gasteiger partial charge in [-0.1, -0.05) is 90.9 Å². The summed E-state index contributed by atoms with van der Waals surface area (Å²) in [7, 11) is 0. The minimum absolute atomic E-state index is 0.0540. The average Bonchev–Trinajstić information content (AvgIpc) is 3.38. The molecule has 2 rings (SSSR count). The van der Waals surface area contributed by atoms with Gasteiger partial charge in [0.25, 0.3) is 0 Å². The summed E-state index contributed by atoms with van der Waals surface area (Å²) in [6.45, 7) is 16.3. The number of allylic oxidation sites excluding steroid dienone is 3. The number of Topliss-reactive ketones (excluding diaryl/α,β-unsaturated/α-hetero) is 2. The maximum Gasteiger partial charge on any atom is 0.167 e. The zero-order chi connectivity index (χ0) is 29.9. The van der Waals surface area contributed by atoms with Crippen molar-refractivity contribution in [2.24, 2.45) is 41.4 Å². The first kappa shape index (κ1) is 34.7. The monoisotopic (exact) mass is 556 g/mol. The van der Waals surface area contributed by atoms with Gasteiger partial charge in [0.15, 0.2) is 11.6 Å². The number of hydrogen-bond donors (Lipinski definition) is 1. The summed E-state index contributed by atoms with van der Waals surface area (Å²) >= 11 is 0. The van der Waals surface area contributed by atoms with E-state index in [9.17, 15) is 19.5 Å². The van der Waals surface area contributed by atoms with Crippen LogP contribution in [0.3, 0.4) is 0 Å². The molecule has 4 heteroatoms. The fourth-order valence-electron chi connectivity index (χ4n) is 7.18. The quantitative estimate of drug-likeness (QED) is 0.135. The number of carbonyl (C=O) groups is 3. The molecule has 0 radical (unpaired) electrons. The number of ketones is 3. The molecule has 0 bridgehead atoms. The highest BCUT2D eigenvalue weighted by Gasteiger charge is 2.44. The Morgan fingerprint density at radius 3 is 2.23 bits per heavy atom. The van der Waals surface area contributed by atoms with Crippen molar-refractivity contribution in [3.05, 3.63) is 24.3 Å². The molecule has 40 heavy (non-hydrogen) atoms. The van der Waals surface area contributed by atoms with Crippen LogP contribution in [-0.2, 0) is 14.4 Å². The second-order valence-corrected chi connectivity index (χ2v) is 13.8. The third-order valence-corrected chi connectivity index (χ3v) is 10.1. The van der Waals surface area contributed by atoms with Gasteiger partial charge in [0.2, 0.25) is 0 Å². The molecule has 0 heterocycles. The molecular weight excluding hydrogens is 496 g/mol. The molecule has 3 unspecified atom stereocenters. The molecule has 2 aliphatic carbocycles. The van der Waals surface area contributed by atoms with Crippen LogP contribution in [0.2, 0.25) is 0 Å². The first-order chi connectivity index (χ1) is 18.9. The molecule has 0 spiro atoms. The van der Waals surface area contributed by atoms with Crippen LogP contribution < -0.4 is 0 Å². The molecule has 0 saturated heterocycles. The van der Waals surface area contributed by atoms with E-state index < -0.39 is 5.60 Å². The van der Waals surface area contributed by atoms with Gasteiger partial charge in [0, 0.05) is 24.2 Å². The SMILES string of the molecule is C=C(CC(CCCC)C(=O)C(C)(C)O)[C@@H]1C[C@@H](CC)CC1C(=O)[C@@H](CC(=O)/C=C\CC(C)CC)C1CCCCC1. The molecule has 6 atom stereocenters. The van der Waals surface area contributed by atoms with E-state index in [-0.39, 0.29) is 46.9 Å². The van der Waals surface area contributed by atoms with Gasteiger partial charge in [-0.2, -0.15) is 0 Å². The van der Waals surface area contributed by atoms with Crippen LogP contribution in [0.25, 0.3) is 0 Å². The maximum absolute atomic E-state index is 14.4. The van der Waals surface area contributed by atoms with Crippen LogP contribution in [0.15, 0.2) is 24.3 Å². The van der Waals surface area contributed by atoms with Gasteiger partial charge >= 0.3 is 0 Å². The van der Waals surface area contributed by atoms with E-state index in [2.05, 4.69) is 34.3 Å². The molecule has 0 aromatic rings. The Kier molecular flexibility index (Phi) is 14.5. The van der Waals surface area contributed by atoms with Crippen molar-refractivity contribution in [1.29, 1.82) is 0 Å². The Morgan fingerprint density at radius 1 is 1.00 bits per heavy atom. The lowest BCUT2D eigenvalue weighted by Gasteiger charge is -2.33. The van der Waals surface area contributed by atoms with Crippen molar-refractivity contribution in [2.45, 2.75) is 143 Å². The van der Waals surface area contributed by atoms with Crippen LogP contribution in [0, 0.1) is 41.4 Å². The number of unbranched alkanes of at least 4 members (excludes halogenated alkanes) is 1. The van der Waals surface area contributed by atoms with Crippen molar-refractivity contribution in [3.8, 4) is 0 Å². The summed E-state index contributed by atoms with van der Waals surface area (Å²) in [6.07, 6.45) is 17.6. The molecule has 0 aromatic carbocycles. The summed E-state index contributed by atoms with van der Waals surface area (Å²) in [5.74, 6) is 1.000. The lowest BCUT2D eigenvalue weighted by atomic mass is 9.70. The van der Waals surface area contributed by atoms with Crippen molar-refractivity contribution in [2.75, 3.05) is 0 Å². The third-order valence-electron chi connectivity index (χ3n) is 10.1. The number of carbonyl (C=O) groups excluding carboxylic acids is 3. The second kappa shape index (κ2) is 16.8. The first-order valence-electron chi connectivity index (χ1n) is 16.6. The minimum atomic E-state index is -1.37. The van der Waals surface area contributed by atoms with E-state index in [0.717, 1.165) is 82.6 Å². The van der Waals surface area contributed by atoms with Crippen LogP contribution in [0.5, 0.6) is 0 Å². The van der Waals surface area contributed by atoms with Crippen molar-refractivity contribution >= 4 is 17.3 Å². The molecule has 2 saturated carbocycles. The van der Waals surface area contributed by atoms with E-state index >= 15 is 0 Å². The van der Waals surface area contributed by atoms with Gasteiger partial charge in [0.05, 0.1) is 0 Å². The van der Waals surface area contributed by atoms with Gasteiger partial charge in [-0.05, 0) is 88.5 Å². The molecule has 0 amide bonds. The van der Waals surface area contributed by atoms with Crippen molar-refractivity contribution in [1.82, 2.24) is 0 Å². The summed E-state index contributed by atoms with van der Waals surface area (Å²) < 4.78 is 0. The highest BCUT2D eigenvalue weighted by atomic mass is 16.3. The van der Waals surface area contributed by atoms with E-state index in [1.165, 1.54) is 6.42 Å². The zero-order valence-corrected chi connectivity index (χ0v) is 26.7. The molecule has 1 N–H and O–H groups in total. The zero-order valence-electron chi connectivity index (χ0n) is 26.7. The molecule has 0 aliphatic heterocycles. The number of rotatable bonds is 18. The van der Waals surface area contributed by atoms with Gasteiger partial charge in [-0.25, -0.2) is 0 Å². The predicted octanol–water partition coefficient (Wildman–Crippen LogP) is 8.85. The van der Waals surface area contributed by atoms with Gasteiger partial charge in [-0.15, -0.1) is 0 Å². The van der Waals surface area contributed by atoms with Gasteiger partial charge in [0.1, 0.15) is 11.4 Å². The van der Waals surface area contributed by atoms with Crippen molar-refractivity contribution < 1.29 is 19.5 Å². The Balaban J connectivity index is 2.27. The fourth-order valence-corrected chi connectivity index (χ4v) is 7.18. The normalized spacial score (nSPS) is 24.6. The molecule has 0 aromatic heterocycles. The summed E-state index contributed by atoms with van der Waals surface area (Å²) in [6, 6.07) is 0. The van der Waals surface area contributed by atoms with E-state index in [0.29, 0.717) is 24.7 Å². The Hall–Kier alpha value is -1.55. The fraction of sp³-hybridized carbons (Fsp3) is 0.806. The van der Waals surface area contributed by atoms with Crippen LogP contribution in [0.1, 0.15) is 138 Å². The third kappa shape index (κ3) is 10.4. The topological polar surface area (TPSA) is 71.4 Å². The highest BCUT2D eigenvalue weighted by Crippen LogP contribution is 2.47. The molecule has 2 aliphatic rings. The van der Waals surface area contributed by atoms with Crippen LogP contribution in [0.4, 0.5) is 0 Å². The Morgan fingerprint density at radius 2 is 1.65 bits per heavy atom. The van der Waals surface area contributed by atoms with Gasteiger partial charge in [-0.3, -0.25) is 14.4 Å². The molecular formula is C36H60O4. The summed E-state index contributed by atoms with van der Waals surface area (Å²) in [4.78, 5) is 40.7. The summed E-state index contributed by atoms with van der Waals surface area (Å²) in [5, 5.41) is 10.5. The van der Waals surface area contributed by atoms with Crippen LogP contribution in [-0.4, -0.2) is 28.1 Å². The Bertz CT molecular complexity index is 857. The Labute approximate surface area is 245 Å². The second-order valence-electron chi connectivity index (χ2n) is 13.8. The minimum Gasteiger partial charge on any atom is -0.383 e. The van der Waals surface area contributed by atoms with E-state index in [1.54, 1.807) is 19.9 Å². The lowest BCUT2D eigenvalue weighted by Crippen LogP contribution is -2.38. The van der Waals surface area contributed by atoms with Crippen molar-refractivity contribution in [3.63, 3.8) is 0 Å². The molecule has 2 fully saturated rings. The smallest absolute Gasteiger partial charge is 0.167 e. The first-order valence-corrected chi connectivity index (χ1v) is 16.6. The number of hydrogen-bond acceptors (Lipinski definition) is 4. The predicted molar refractivity (Wildman–Crippen MR) is 166 cm³/mol. The summed E-state index contributed by atoms with van der Waals surface area (Å²) in [5.41, 5.74) is -0.375. The largest absolute Gasteiger partial charge is 0.383 e. The highest BCUT2D eigenvalue weighted by molar-refractivity contribution is 5.95. The van der Waals surface area contributed by atoms with E-state index in [4.69, 9.17) is 0 Å². The standard InChI is InChI=1S/C36H60O4/c1-8-11-17-29(35(39)36(6,7)40)21-26(5)31-22-27(10-3)23-33(31)34(38)32(28-18-13-12-14-19-28)24-30(37)20-15-16-25(4)9-2/h15,20,25,27-29,31-33,40H,5,8-14,16-19,21-24H2,1-4,6-7H3/b20-15-/t25?,27-,29?,31+,32+,33?/m1/s1. The average molecular weight is 557 g/mol. The molecule has 4 nitrogen and oxygen atoms in total. The lowest BCUT2D eigenvalue weighted by molar-refractivity contribution is -0.138.